The van der Waals surface area contributed by atoms with Crippen LogP contribution in [0.15, 0.2) is 200 Å². The van der Waals surface area contributed by atoms with Crippen LogP contribution in [0.3, 0.4) is 0 Å². The van der Waals surface area contributed by atoms with Gasteiger partial charge in [0.1, 0.15) is 6.07 Å². The second-order valence-corrected chi connectivity index (χ2v) is 16.3. The summed E-state index contributed by atoms with van der Waals surface area (Å²) in [5.41, 5.74) is 13.9. The number of rotatable bonds is 12. The molecule has 9 rings (SSSR count). The summed E-state index contributed by atoms with van der Waals surface area (Å²) in [5.74, 6) is 0. The Morgan fingerprint density at radius 3 is 1.12 bits per heavy atom. The van der Waals surface area contributed by atoms with Gasteiger partial charge in [-0.25, -0.2) is 0 Å². The molecule has 0 amide bonds. The fraction of sp³-hybridized carbons (Fsp3) is 0.0678. The molecule has 5 nitrogen and oxygen atoms in total. The van der Waals surface area contributed by atoms with E-state index >= 15 is 0 Å². The molecule has 0 unspecified atom stereocenters. The molecular formula is C59H49N5. The Morgan fingerprint density at radius 2 is 0.688 bits per heavy atom. The fourth-order valence-electron chi connectivity index (χ4n) is 8.19. The van der Waals surface area contributed by atoms with Gasteiger partial charge in [0.15, 0.2) is 0 Å². The Balaban J connectivity index is 0.928. The Morgan fingerprint density at radius 1 is 0.328 bits per heavy atom. The highest BCUT2D eigenvalue weighted by Crippen LogP contribution is 2.37. The predicted octanol–water partition coefficient (Wildman–Crippen LogP) is 15.3. The molecule has 5 heteroatoms. The molecule has 9 aromatic rings. The largest absolute Gasteiger partial charge is 0.378 e. The van der Waals surface area contributed by atoms with Gasteiger partial charge in [0.25, 0.3) is 0 Å². The average Bonchev–Trinajstić information content (AvgIpc) is 3.34. The number of para-hydroxylation sites is 2. The summed E-state index contributed by atoms with van der Waals surface area (Å²) < 4.78 is 0. The minimum atomic E-state index is 0.692. The zero-order valence-corrected chi connectivity index (χ0v) is 36.6. The number of fused-ring (bicyclic) bond motifs is 2. The van der Waals surface area contributed by atoms with E-state index < -0.39 is 0 Å². The van der Waals surface area contributed by atoms with Crippen LogP contribution < -0.4 is 19.6 Å². The van der Waals surface area contributed by atoms with Crippen LogP contribution in [-0.2, 0) is 0 Å². The SMILES string of the molecule is CN(C)c1ccc(N(c2ccccc2)c2ccc(C=Cc3ccc4c(C#N)c5cc(C=Cc6ccc(N(c7ccccc7)c7ccc(N(C)C)cc7)cc6)ccc5cc4c3)cc2)cc1. The number of nitrogens with zero attached hydrogens (tertiary/aromatic N) is 5. The van der Waals surface area contributed by atoms with Gasteiger partial charge >= 0.3 is 0 Å². The molecule has 0 fully saturated rings. The first-order chi connectivity index (χ1) is 31.3. The quantitative estimate of drug-likeness (QED) is 0.0906. The molecule has 0 radical (unpaired) electrons. The summed E-state index contributed by atoms with van der Waals surface area (Å²) in [7, 11) is 8.23. The van der Waals surface area contributed by atoms with Crippen molar-refractivity contribution >= 4 is 91.3 Å². The maximum absolute atomic E-state index is 10.5. The van der Waals surface area contributed by atoms with Gasteiger partial charge < -0.3 is 19.6 Å². The molecule has 0 bridgehead atoms. The Kier molecular flexibility index (Phi) is 11.8. The molecule has 9 aromatic carbocycles. The van der Waals surface area contributed by atoms with Crippen LogP contribution in [0.1, 0.15) is 27.8 Å². The van der Waals surface area contributed by atoms with Crippen molar-refractivity contribution in [3.05, 3.63) is 228 Å². The number of hydrogen-bond donors (Lipinski definition) is 0. The van der Waals surface area contributed by atoms with Crippen molar-refractivity contribution in [3.63, 3.8) is 0 Å². The molecule has 0 saturated heterocycles. The Hall–Kier alpha value is -8.33. The van der Waals surface area contributed by atoms with E-state index in [2.05, 4.69) is 266 Å². The van der Waals surface area contributed by atoms with Gasteiger partial charge in [0, 0.05) is 84.5 Å². The molecule has 0 aromatic heterocycles. The van der Waals surface area contributed by atoms with Crippen molar-refractivity contribution in [2.75, 3.05) is 47.8 Å². The molecular weight excluding hydrogens is 779 g/mol. The standard InChI is InChI=1S/C59H49N5/c1-61(2)49-30-34-55(35-31-49)63(51-11-7-5-8-12-51)53-26-20-43(21-27-53)15-17-45-24-38-57-48(39-45)41-47-25-19-46(40-58(47)59(57)42-60)18-16-44-22-28-54(29-23-44)64(52-13-9-6-10-14-52)56-36-32-50(33-37-56)62(3)4/h5-41H,1-4H3. The van der Waals surface area contributed by atoms with Crippen LogP contribution in [0, 0.1) is 11.3 Å². The van der Waals surface area contributed by atoms with Crippen molar-refractivity contribution in [1.29, 1.82) is 5.26 Å². The van der Waals surface area contributed by atoms with E-state index in [0.29, 0.717) is 5.56 Å². The Labute approximate surface area is 376 Å². The summed E-state index contributed by atoms with van der Waals surface area (Å²) >= 11 is 0. The second-order valence-electron chi connectivity index (χ2n) is 16.3. The van der Waals surface area contributed by atoms with Crippen molar-refractivity contribution in [2.24, 2.45) is 0 Å². The van der Waals surface area contributed by atoms with Crippen LogP contribution in [0.4, 0.5) is 45.5 Å². The predicted molar refractivity (Wildman–Crippen MR) is 275 cm³/mol. The molecule has 0 saturated carbocycles. The second kappa shape index (κ2) is 18.3. The number of nitriles is 1. The summed E-state index contributed by atoms with van der Waals surface area (Å²) in [6.07, 6.45) is 8.54. The topological polar surface area (TPSA) is 36.8 Å². The van der Waals surface area contributed by atoms with Gasteiger partial charge in [-0.05, 0) is 148 Å². The first kappa shape index (κ1) is 41.0. The molecule has 0 heterocycles. The van der Waals surface area contributed by atoms with Crippen LogP contribution in [0.2, 0.25) is 0 Å². The van der Waals surface area contributed by atoms with Crippen molar-refractivity contribution in [2.45, 2.75) is 0 Å². The van der Waals surface area contributed by atoms with Gasteiger partial charge in [-0.2, -0.15) is 5.26 Å². The van der Waals surface area contributed by atoms with E-state index in [1.54, 1.807) is 0 Å². The average molecular weight is 828 g/mol. The third kappa shape index (κ3) is 8.85. The zero-order chi connectivity index (χ0) is 44.0. The van der Waals surface area contributed by atoms with Gasteiger partial charge in [0.05, 0.1) is 5.56 Å². The van der Waals surface area contributed by atoms with Crippen molar-refractivity contribution < 1.29 is 0 Å². The number of benzene rings is 9. The number of hydrogen-bond acceptors (Lipinski definition) is 5. The summed E-state index contributed by atoms with van der Waals surface area (Å²) in [6.45, 7) is 0. The lowest BCUT2D eigenvalue weighted by molar-refractivity contribution is 1.13. The lowest BCUT2D eigenvalue weighted by Gasteiger charge is -2.26. The molecule has 0 aliphatic rings. The lowest BCUT2D eigenvalue weighted by atomic mass is 9.94. The zero-order valence-electron chi connectivity index (χ0n) is 36.6. The normalized spacial score (nSPS) is 11.3. The minimum absolute atomic E-state index is 0.692. The van der Waals surface area contributed by atoms with E-state index in [4.69, 9.17) is 0 Å². The molecule has 310 valence electrons. The van der Waals surface area contributed by atoms with Crippen LogP contribution in [0.5, 0.6) is 0 Å². The van der Waals surface area contributed by atoms with Crippen LogP contribution in [0.25, 0.3) is 45.8 Å². The van der Waals surface area contributed by atoms with Crippen molar-refractivity contribution in [1.82, 2.24) is 0 Å². The van der Waals surface area contributed by atoms with Gasteiger partial charge in [-0.15, -0.1) is 0 Å². The van der Waals surface area contributed by atoms with E-state index in [1.165, 1.54) is 0 Å². The van der Waals surface area contributed by atoms with E-state index in [1.807, 2.05) is 12.1 Å². The van der Waals surface area contributed by atoms with Crippen LogP contribution in [-0.4, -0.2) is 28.2 Å². The first-order valence-corrected chi connectivity index (χ1v) is 21.5. The van der Waals surface area contributed by atoms with E-state index in [-0.39, 0.29) is 0 Å². The molecule has 0 aliphatic heterocycles. The van der Waals surface area contributed by atoms with Gasteiger partial charge in [0.2, 0.25) is 0 Å². The smallest absolute Gasteiger partial charge is 0.100 e. The van der Waals surface area contributed by atoms with Gasteiger partial charge in [-0.1, -0.05) is 109 Å². The highest BCUT2D eigenvalue weighted by molar-refractivity contribution is 6.05. The Bertz CT molecular complexity index is 3130. The van der Waals surface area contributed by atoms with Gasteiger partial charge in [-0.3, -0.25) is 0 Å². The molecule has 0 N–H and O–H groups in total. The molecule has 0 spiro atoms. The molecule has 64 heavy (non-hydrogen) atoms. The maximum atomic E-state index is 10.5. The third-order valence-electron chi connectivity index (χ3n) is 11.6. The first-order valence-electron chi connectivity index (χ1n) is 21.5. The maximum Gasteiger partial charge on any atom is 0.100 e. The fourth-order valence-corrected chi connectivity index (χ4v) is 8.19. The van der Waals surface area contributed by atoms with E-state index in [9.17, 15) is 5.26 Å². The number of anilines is 8. The summed E-state index contributed by atoms with van der Waals surface area (Å²) in [6, 6.07) is 72.9. The molecule has 0 atom stereocenters. The lowest BCUT2D eigenvalue weighted by Crippen LogP contribution is -2.11. The van der Waals surface area contributed by atoms with E-state index in [0.717, 1.165) is 89.3 Å². The van der Waals surface area contributed by atoms with Crippen molar-refractivity contribution in [3.8, 4) is 6.07 Å². The molecule has 0 aliphatic carbocycles. The monoisotopic (exact) mass is 827 g/mol. The minimum Gasteiger partial charge on any atom is -0.378 e. The highest BCUT2D eigenvalue weighted by Gasteiger charge is 2.15. The van der Waals surface area contributed by atoms with Crippen LogP contribution >= 0.6 is 0 Å². The highest BCUT2D eigenvalue weighted by atomic mass is 15.1. The summed E-state index contributed by atoms with van der Waals surface area (Å²) in [4.78, 5) is 8.77. The summed E-state index contributed by atoms with van der Waals surface area (Å²) in [5, 5.41) is 14.5. The third-order valence-corrected chi connectivity index (χ3v) is 11.6.